The molecule has 0 saturated carbocycles. The van der Waals surface area contributed by atoms with Crippen LogP contribution < -0.4 is 10.3 Å². The Morgan fingerprint density at radius 2 is 1.17 bits per heavy atom. The molecule has 40 valence electrons. The molecule has 0 atom stereocenters. The Kier molecular flexibility index (Phi) is 3.23. The van der Waals surface area contributed by atoms with E-state index in [2.05, 4.69) is 0 Å². The van der Waals surface area contributed by atoms with Crippen molar-refractivity contribution in [3.63, 3.8) is 0 Å². The first kappa shape index (κ1) is 9.28. The standard InChI is InChI=1S/Mn.H3N.4O/h;1H3;;;;/q;;;;;-1/p+1. The molecule has 0 aliphatic heterocycles. The third-order valence-corrected chi connectivity index (χ3v) is 0. The zero-order chi connectivity index (χ0) is 4.50. The molecular formula is H4MnNO4. The summed E-state index contributed by atoms with van der Waals surface area (Å²) in [6.07, 6.45) is 0. The van der Waals surface area contributed by atoms with E-state index in [1.165, 1.54) is 0 Å². The SMILES string of the molecule is [NH4+].[O]=[Mn](=[O])(=[O])[O-]. The fourth-order valence-electron chi connectivity index (χ4n) is 0. The minimum atomic E-state index is -5.62. The van der Waals surface area contributed by atoms with E-state index in [0.717, 1.165) is 0 Å². The second-order valence-corrected chi connectivity index (χ2v) is 1.56. The molecule has 6 heteroatoms. The number of hydrogen-bond acceptors (Lipinski definition) is 4. The molecule has 5 nitrogen and oxygen atoms in total. The van der Waals surface area contributed by atoms with E-state index in [0.29, 0.717) is 0 Å². The summed E-state index contributed by atoms with van der Waals surface area (Å²) in [7, 11) is 0. The van der Waals surface area contributed by atoms with Gasteiger partial charge in [-0.1, -0.05) is 0 Å². The second-order valence-electron chi connectivity index (χ2n) is 0.378. The molecule has 0 aromatic carbocycles. The van der Waals surface area contributed by atoms with E-state index < -0.39 is 13.0 Å². The van der Waals surface area contributed by atoms with Gasteiger partial charge in [-0.25, -0.2) is 0 Å². The Morgan fingerprint density at radius 3 is 1.17 bits per heavy atom. The van der Waals surface area contributed by atoms with E-state index in [1.807, 2.05) is 0 Å². The Bertz CT molecular complexity index is 129. The number of hydrogen-bond donors (Lipinski definition) is 1. The molecule has 0 heterocycles. The van der Waals surface area contributed by atoms with Crippen LogP contribution in [0.4, 0.5) is 0 Å². The van der Waals surface area contributed by atoms with Crippen LogP contribution in [0.15, 0.2) is 0 Å². The van der Waals surface area contributed by atoms with Crippen molar-refractivity contribution >= 4 is 0 Å². The van der Waals surface area contributed by atoms with Gasteiger partial charge < -0.3 is 6.15 Å². The molecular weight excluding hydrogens is 133 g/mol. The van der Waals surface area contributed by atoms with E-state index in [9.17, 15) is 0 Å². The molecule has 0 bridgehead atoms. The van der Waals surface area contributed by atoms with Crippen LogP contribution in [0, 0.1) is 0 Å². The van der Waals surface area contributed by atoms with Gasteiger partial charge in [-0.15, -0.1) is 0 Å². The van der Waals surface area contributed by atoms with Crippen LogP contribution in [0.5, 0.6) is 0 Å². The summed E-state index contributed by atoms with van der Waals surface area (Å²) in [4.78, 5) is 0. The van der Waals surface area contributed by atoms with E-state index in [1.54, 1.807) is 0 Å². The summed E-state index contributed by atoms with van der Waals surface area (Å²) in [5.41, 5.74) is 0. The summed E-state index contributed by atoms with van der Waals surface area (Å²) >= 11 is -5.62. The zero-order valence-electron chi connectivity index (χ0n) is 3.01. The van der Waals surface area contributed by atoms with E-state index in [4.69, 9.17) is 15.7 Å². The Hall–Kier alpha value is -0.161. The first-order valence-electron chi connectivity index (χ1n) is 0.617. The van der Waals surface area contributed by atoms with Gasteiger partial charge in [0.1, 0.15) is 0 Å². The minimum absolute atomic E-state index is 0. The van der Waals surface area contributed by atoms with Crippen LogP contribution in [-0.2, 0) is 24.5 Å². The van der Waals surface area contributed by atoms with Gasteiger partial charge in [0.25, 0.3) is 0 Å². The summed E-state index contributed by atoms with van der Waals surface area (Å²) in [6.45, 7) is 0. The van der Waals surface area contributed by atoms with Crippen molar-refractivity contribution in [2.45, 2.75) is 0 Å². The number of quaternary nitrogens is 1. The van der Waals surface area contributed by atoms with Crippen molar-refractivity contribution in [2.24, 2.45) is 0 Å². The summed E-state index contributed by atoms with van der Waals surface area (Å²) in [5, 5.41) is 0. The first-order valence-corrected chi connectivity index (χ1v) is 2.54. The van der Waals surface area contributed by atoms with Gasteiger partial charge in [0.05, 0.1) is 0 Å². The van der Waals surface area contributed by atoms with Crippen LogP contribution in [0.1, 0.15) is 0 Å². The van der Waals surface area contributed by atoms with Gasteiger partial charge >= 0.3 is 28.7 Å². The summed E-state index contributed by atoms with van der Waals surface area (Å²) in [6, 6.07) is 0. The zero-order valence-corrected chi connectivity index (χ0v) is 4.19. The van der Waals surface area contributed by atoms with Crippen LogP contribution in [0.3, 0.4) is 0 Å². The molecule has 0 rings (SSSR count). The van der Waals surface area contributed by atoms with Crippen LogP contribution in [-0.4, -0.2) is 0 Å². The van der Waals surface area contributed by atoms with E-state index in [-0.39, 0.29) is 6.15 Å². The normalized spacial score (nSPS) is 9.50. The van der Waals surface area contributed by atoms with Crippen molar-refractivity contribution < 1.29 is 28.7 Å². The molecule has 0 aromatic rings. The van der Waals surface area contributed by atoms with Gasteiger partial charge in [-0.3, -0.25) is 0 Å². The van der Waals surface area contributed by atoms with E-state index >= 15 is 0 Å². The molecule has 4 N–H and O–H groups in total. The molecule has 0 saturated heterocycles. The first-order chi connectivity index (χ1) is 2.00. The third-order valence-electron chi connectivity index (χ3n) is 0. The maximum absolute atomic E-state index is 8.58. The molecule has 0 aromatic heterocycles. The maximum atomic E-state index is 8.58. The third kappa shape index (κ3) is 1200. The van der Waals surface area contributed by atoms with Crippen LogP contribution in [0.2, 0.25) is 0 Å². The molecule has 6 heavy (non-hydrogen) atoms. The predicted octanol–water partition coefficient (Wildman–Crippen LogP) is -1.17. The fourth-order valence-corrected chi connectivity index (χ4v) is 0. The monoisotopic (exact) mass is 137 g/mol. The van der Waals surface area contributed by atoms with Gasteiger partial charge in [-0.05, 0) is 0 Å². The topological polar surface area (TPSA) is 111 Å². The second kappa shape index (κ2) is 2.09. The molecule has 0 aliphatic carbocycles. The van der Waals surface area contributed by atoms with Crippen molar-refractivity contribution in [1.82, 2.24) is 6.15 Å². The van der Waals surface area contributed by atoms with Crippen molar-refractivity contribution in [2.75, 3.05) is 0 Å². The van der Waals surface area contributed by atoms with Crippen molar-refractivity contribution in [3.8, 4) is 0 Å². The van der Waals surface area contributed by atoms with Crippen LogP contribution >= 0.6 is 0 Å². The predicted molar refractivity (Wildman–Crippen MR) is 8.04 cm³/mol. The Morgan fingerprint density at radius 1 is 1.17 bits per heavy atom. The van der Waals surface area contributed by atoms with Crippen molar-refractivity contribution in [1.29, 1.82) is 0 Å². The van der Waals surface area contributed by atoms with Crippen LogP contribution in [0.25, 0.3) is 0 Å². The van der Waals surface area contributed by atoms with Gasteiger partial charge in [0.2, 0.25) is 0 Å². The Labute approximate surface area is 35.7 Å². The van der Waals surface area contributed by atoms with Gasteiger partial charge in [-0.2, -0.15) is 0 Å². The quantitative estimate of drug-likeness (QED) is 0.423. The van der Waals surface area contributed by atoms with Gasteiger partial charge in [0, 0.05) is 0 Å². The Balaban J connectivity index is 0. The molecule has 0 unspecified atom stereocenters. The molecule has 0 fully saturated rings. The van der Waals surface area contributed by atoms with Crippen molar-refractivity contribution in [3.05, 3.63) is 0 Å². The van der Waals surface area contributed by atoms with Gasteiger partial charge in [0.15, 0.2) is 0 Å². The fraction of sp³-hybridized carbons (Fsp3) is 0. The number of rotatable bonds is 0. The molecule has 0 aliphatic rings. The molecule has 0 spiro atoms. The average molecular weight is 137 g/mol. The average Bonchev–Trinajstić information content (AvgIpc) is 0.722. The molecule has 0 amide bonds. The summed E-state index contributed by atoms with van der Waals surface area (Å²) in [5.74, 6) is 0. The molecule has 0 radical (unpaired) electrons. The summed E-state index contributed by atoms with van der Waals surface area (Å²) < 4.78 is 34.3.